The van der Waals surface area contributed by atoms with Gasteiger partial charge in [0.25, 0.3) is 0 Å². The zero-order chi connectivity index (χ0) is 30.4. The highest BCUT2D eigenvalue weighted by Gasteiger charge is 2.30. The number of sulfonamides is 1. The van der Waals surface area contributed by atoms with Crippen LogP contribution in [-0.4, -0.2) is 103 Å². The summed E-state index contributed by atoms with van der Waals surface area (Å²) in [5.41, 5.74) is 4.73. The van der Waals surface area contributed by atoms with Crippen LogP contribution in [0.5, 0.6) is 0 Å². The van der Waals surface area contributed by atoms with Crippen LogP contribution in [0.25, 0.3) is 11.0 Å². The largest absolute Gasteiger partial charge is 0.356 e. The second kappa shape index (κ2) is 11.5. The third-order valence-electron chi connectivity index (χ3n) is 9.18. The third kappa shape index (κ3) is 5.66. The lowest BCUT2D eigenvalue weighted by Crippen LogP contribution is -2.52. The SMILES string of the molecule is Cc1nc(N2CCC(N3CCN(C)CC3)CC2)ccc1Nc1nc(Nc2cccc3c2N(S(C)(=O)=O)CC3)c2cc[nH]c2n1. The Morgan fingerprint density at radius 3 is 2.43 bits per heavy atom. The molecular formula is C31H40N10O2S. The molecular weight excluding hydrogens is 576 g/mol. The molecule has 7 rings (SSSR count). The summed E-state index contributed by atoms with van der Waals surface area (Å²) in [5, 5.41) is 7.59. The van der Waals surface area contributed by atoms with E-state index in [0.717, 1.165) is 67.2 Å². The molecule has 0 aliphatic carbocycles. The van der Waals surface area contributed by atoms with E-state index in [1.807, 2.05) is 43.5 Å². The minimum atomic E-state index is -3.41. The number of fused-ring (bicyclic) bond motifs is 2. The quantitative estimate of drug-likeness (QED) is 0.283. The fraction of sp³-hybridized carbons (Fsp3) is 0.452. The maximum atomic E-state index is 12.5. The number of piperazine rings is 1. The maximum Gasteiger partial charge on any atom is 0.232 e. The second-order valence-electron chi connectivity index (χ2n) is 12.1. The van der Waals surface area contributed by atoms with Crippen LogP contribution in [0.1, 0.15) is 24.1 Å². The topological polar surface area (TPSA) is 126 Å². The lowest BCUT2D eigenvalue weighted by molar-refractivity contribution is 0.0981. The number of aryl methyl sites for hydroxylation is 1. The molecule has 2 saturated heterocycles. The molecule has 0 spiro atoms. The number of rotatable bonds is 7. The average Bonchev–Trinajstić information content (AvgIpc) is 3.67. The first kappa shape index (κ1) is 28.8. The first-order chi connectivity index (χ1) is 21.2. The molecule has 3 aliphatic heterocycles. The summed E-state index contributed by atoms with van der Waals surface area (Å²) in [5.74, 6) is 2.00. The van der Waals surface area contributed by atoms with Crippen molar-refractivity contribution in [1.29, 1.82) is 0 Å². The Balaban J connectivity index is 1.08. The fourth-order valence-electron chi connectivity index (χ4n) is 6.70. The number of nitrogens with zero attached hydrogens (tertiary/aromatic N) is 7. The zero-order valence-corrected chi connectivity index (χ0v) is 26.4. The first-order valence-corrected chi connectivity index (χ1v) is 17.2. The molecule has 2 fully saturated rings. The Kier molecular flexibility index (Phi) is 7.55. The fourth-order valence-corrected chi connectivity index (χ4v) is 7.67. The number of nitrogens with one attached hydrogen (secondary N) is 3. The molecule has 12 nitrogen and oxygen atoms in total. The van der Waals surface area contributed by atoms with Gasteiger partial charge >= 0.3 is 0 Å². The van der Waals surface area contributed by atoms with Gasteiger partial charge in [-0.05, 0) is 63.1 Å². The lowest BCUT2D eigenvalue weighted by atomic mass is 10.0. The van der Waals surface area contributed by atoms with Crippen molar-refractivity contribution in [2.24, 2.45) is 0 Å². The van der Waals surface area contributed by atoms with Gasteiger partial charge in [-0.25, -0.2) is 13.4 Å². The molecule has 4 aromatic rings. The summed E-state index contributed by atoms with van der Waals surface area (Å²) >= 11 is 0. The Morgan fingerprint density at radius 1 is 0.886 bits per heavy atom. The van der Waals surface area contributed by atoms with Crippen LogP contribution in [0.3, 0.4) is 0 Å². The summed E-state index contributed by atoms with van der Waals surface area (Å²) in [4.78, 5) is 25.1. The van der Waals surface area contributed by atoms with Gasteiger partial charge in [-0.15, -0.1) is 0 Å². The number of anilines is 6. The van der Waals surface area contributed by atoms with Crippen LogP contribution in [0.4, 0.5) is 34.6 Å². The van der Waals surface area contributed by atoms with E-state index in [-0.39, 0.29) is 0 Å². The molecule has 44 heavy (non-hydrogen) atoms. The van der Waals surface area contributed by atoms with E-state index in [1.165, 1.54) is 23.7 Å². The number of hydrogen-bond acceptors (Lipinski definition) is 10. The smallest absolute Gasteiger partial charge is 0.232 e. The predicted octanol–water partition coefficient (Wildman–Crippen LogP) is 3.69. The molecule has 0 saturated carbocycles. The van der Waals surface area contributed by atoms with E-state index in [4.69, 9.17) is 15.0 Å². The van der Waals surface area contributed by atoms with Gasteiger partial charge in [0.2, 0.25) is 16.0 Å². The minimum Gasteiger partial charge on any atom is -0.356 e. The molecule has 0 unspecified atom stereocenters. The molecule has 0 atom stereocenters. The number of para-hydroxylation sites is 1. The van der Waals surface area contributed by atoms with Crippen molar-refractivity contribution in [1.82, 2.24) is 29.7 Å². The van der Waals surface area contributed by atoms with Crippen molar-refractivity contribution in [2.75, 3.05) is 79.0 Å². The van der Waals surface area contributed by atoms with Gasteiger partial charge in [0, 0.05) is 58.1 Å². The number of piperidine rings is 1. The van der Waals surface area contributed by atoms with Crippen molar-refractivity contribution in [3.8, 4) is 0 Å². The van der Waals surface area contributed by atoms with E-state index in [0.29, 0.717) is 47.8 Å². The monoisotopic (exact) mass is 616 g/mol. The number of H-pyrrole nitrogens is 1. The molecule has 13 heteroatoms. The van der Waals surface area contributed by atoms with E-state index < -0.39 is 10.0 Å². The van der Waals surface area contributed by atoms with Crippen LogP contribution in [0.15, 0.2) is 42.6 Å². The second-order valence-corrected chi connectivity index (χ2v) is 14.1. The van der Waals surface area contributed by atoms with Crippen LogP contribution in [-0.2, 0) is 16.4 Å². The molecule has 232 valence electrons. The van der Waals surface area contributed by atoms with E-state index in [2.05, 4.69) is 43.4 Å². The minimum absolute atomic E-state index is 0.417. The van der Waals surface area contributed by atoms with Crippen LogP contribution in [0, 0.1) is 6.92 Å². The van der Waals surface area contributed by atoms with Crippen LogP contribution >= 0.6 is 0 Å². The standard InChI is InChI=1S/C31H40N10O2S/c1-21-25(7-8-27(33-21)40-14-11-23(12-15-40)39-19-17-38(2)18-20-39)35-31-36-29-24(9-13-32-29)30(37-31)34-26-6-4-5-22-10-16-41(28(22)26)44(3,42)43/h4-9,13,23H,10-12,14-20H2,1-3H3,(H3,32,34,35,36,37). The third-order valence-corrected chi connectivity index (χ3v) is 10.3. The van der Waals surface area contributed by atoms with Crippen LogP contribution < -0.4 is 19.8 Å². The van der Waals surface area contributed by atoms with Crippen LogP contribution in [0.2, 0.25) is 0 Å². The number of aromatic amines is 1. The maximum absolute atomic E-state index is 12.5. The van der Waals surface area contributed by atoms with Gasteiger partial charge in [0.05, 0.1) is 34.4 Å². The van der Waals surface area contributed by atoms with Gasteiger partial charge in [-0.3, -0.25) is 9.21 Å². The predicted molar refractivity (Wildman–Crippen MR) is 176 cm³/mol. The highest BCUT2D eigenvalue weighted by molar-refractivity contribution is 7.92. The highest BCUT2D eigenvalue weighted by Crippen LogP contribution is 2.39. The molecule has 0 radical (unpaired) electrons. The Bertz CT molecular complexity index is 1780. The van der Waals surface area contributed by atoms with E-state index >= 15 is 0 Å². The van der Waals surface area contributed by atoms with Crippen molar-refractivity contribution in [3.05, 3.63) is 53.9 Å². The molecule has 3 N–H and O–H groups in total. The van der Waals surface area contributed by atoms with Crippen molar-refractivity contribution in [2.45, 2.75) is 32.2 Å². The molecule has 0 amide bonds. The van der Waals surface area contributed by atoms with Crippen molar-refractivity contribution in [3.63, 3.8) is 0 Å². The summed E-state index contributed by atoms with van der Waals surface area (Å²) in [6.45, 7) is 9.10. The van der Waals surface area contributed by atoms with Gasteiger partial charge in [0.1, 0.15) is 17.3 Å². The van der Waals surface area contributed by atoms with Gasteiger partial charge < -0.3 is 25.4 Å². The van der Waals surface area contributed by atoms with Crippen molar-refractivity contribution < 1.29 is 8.42 Å². The highest BCUT2D eigenvalue weighted by atomic mass is 32.2. The molecule has 3 aliphatic rings. The summed E-state index contributed by atoms with van der Waals surface area (Å²) in [6.07, 6.45) is 6.06. The summed E-state index contributed by atoms with van der Waals surface area (Å²) in [7, 11) is -1.20. The number of benzene rings is 1. The lowest BCUT2D eigenvalue weighted by Gasteiger charge is -2.42. The van der Waals surface area contributed by atoms with Gasteiger partial charge in [-0.2, -0.15) is 9.97 Å². The number of likely N-dealkylation sites (N-methyl/N-ethyl adjacent to an activating group) is 1. The first-order valence-electron chi connectivity index (χ1n) is 15.4. The Hall–Kier alpha value is -3.94. The summed E-state index contributed by atoms with van der Waals surface area (Å²) < 4.78 is 26.5. The normalized spacial score (nSPS) is 18.6. The average molecular weight is 617 g/mol. The molecule has 0 bridgehead atoms. The molecule has 1 aromatic carbocycles. The zero-order valence-electron chi connectivity index (χ0n) is 25.5. The van der Waals surface area contributed by atoms with Crippen molar-refractivity contribution >= 4 is 55.7 Å². The van der Waals surface area contributed by atoms with E-state index in [1.54, 1.807) is 0 Å². The van der Waals surface area contributed by atoms with E-state index in [9.17, 15) is 8.42 Å². The van der Waals surface area contributed by atoms with Gasteiger partial charge in [0.15, 0.2) is 0 Å². The Labute approximate surface area is 258 Å². The Morgan fingerprint density at radius 2 is 1.68 bits per heavy atom. The number of aromatic nitrogens is 4. The molecule has 6 heterocycles. The number of hydrogen-bond donors (Lipinski definition) is 3. The molecule has 3 aromatic heterocycles. The number of pyridine rings is 1. The summed E-state index contributed by atoms with van der Waals surface area (Å²) in [6, 6.07) is 12.5. The van der Waals surface area contributed by atoms with Gasteiger partial charge in [-0.1, -0.05) is 12.1 Å².